The van der Waals surface area contributed by atoms with Crippen LogP contribution in [0.2, 0.25) is 0 Å². The maximum absolute atomic E-state index is 14.3. The van der Waals surface area contributed by atoms with Gasteiger partial charge in [-0.1, -0.05) is 32.0 Å². The lowest BCUT2D eigenvalue weighted by molar-refractivity contribution is -0.128. The lowest BCUT2D eigenvalue weighted by Crippen LogP contribution is -2.39. The first kappa shape index (κ1) is 15.4. The van der Waals surface area contributed by atoms with Crippen molar-refractivity contribution in [3.63, 3.8) is 0 Å². The smallest absolute Gasteiger partial charge is 0.157 e. The molecule has 2 heterocycles. The molecule has 22 heavy (non-hydrogen) atoms. The van der Waals surface area contributed by atoms with Gasteiger partial charge in [0, 0.05) is 29.4 Å². The third kappa shape index (κ3) is 2.85. The van der Waals surface area contributed by atoms with Crippen LogP contribution >= 0.6 is 11.3 Å². The predicted molar refractivity (Wildman–Crippen MR) is 87.4 cm³/mol. The van der Waals surface area contributed by atoms with Gasteiger partial charge in [-0.3, -0.25) is 9.69 Å². The molecule has 1 aliphatic rings. The highest BCUT2D eigenvalue weighted by Gasteiger charge is 2.33. The Morgan fingerprint density at radius 3 is 2.77 bits per heavy atom. The maximum atomic E-state index is 14.3. The Morgan fingerprint density at radius 1 is 1.27 bits per heavy atom. The van der Waals surface area contributed by atoms with Gasteiger partial charge in [-0.25, -0.2) is 4.39 Å². The summed E-state index contributed by atoms with van der Waals surface area (Å²) in [7, 11) is 0. The molecule has 1 aromatic heterocycles. The van der Waals surface area contributed by atoms with E-state index in [-0.39, 0.29) is 17.5 Å². The molecule has 116 valence electrons. The number of fused-ring (bicyclic) bond motifs is 1. The van der Waals surface area contributed by atoms with Crippen LogP contribution in [0.5, 0.6) is 0 Å². The first-order valence-electron chi connectivity index (χ1n) is 7.65. The highest BCUT2D eigenvalue weighted by Crippen LogP contribution is 2.33. The molecule has 4 heteroatoms. The highest BCUT2D eigenvalue weighted by atomic mass is 32.1. The van der Waals surface area contributed by atoms with E-state index in [9.17, 15) is 9.18 Å². The monoisotopic (exact) mass is 317 g/mol. The van der Waals surface area contributed by atoms with Crippen molar-refractivity contribution >= 4 is 17.1 Å². The van der Waals surface area contributed by atoms with Crippen LogP contribution in [0.3, 0.4) is 0 Å². The number of nitrogens with zero attached hydrogens (tertiary/aromatic N) is 1. The third-order valence-electron chi connectivity index (χ3n) is 4.24. The van der Waals surface area contributed by atoms with Crippen molar-refractivity contribution < 1.29 is 9.18 Å². The van der Waals surface area contributed by atoms with Crippen molar-refractivity contribution in [3.8, 4) is 0 Å². The third-order valence-corrected chi connectivity index (χ3v) is 5.26. The molecule has 1 aromatic carbocycles. The molecule has 1 atom stereocenters. The number of benzene rings is 1. The molecule has 1 unspecified atom stereocenters. The second kappa shape index (κ2) is 6.31. The van der Waals surface area contributed by atoms with Crippen LogP contribution < -0.4 is 0 Å². The maximum Gasteiger partial charge on any atom is 0.157 e. The fourth-order valence-electron chi connectivity index (χ4n) is 3.03. The van der Waals surface area contributed by atoms with Crippen molar-refractivity contribution in [2.24, 2.45) is 5.92 Å². The molecular formula is C18H20FNOS. The summed E-state index contributed by atoms with van der Waals surface area (Å²) in [5.41, 5.74) is 1.77. The molecule has 2 aromatic rings. The van der Waals surface area contributed by atoms with Gasteiger partial charge in [-0.15, -0.1) is 11.3 Å². The van der Waals surface area contributed by atoms with Crippen LogP contribution in [-0.2, 0) is 17.8 Å². The van der Waals surface area contributed by atoms with E-state index in [1.54, 1.807) is 29.5 Å². The van der Waals surface area contributed by atoms with Crippen molar-refractivity contribution in [1.29, 1.82) is 0 Å². The Labute approximate surface area is 134 Å². The molecular weight excluding hydrogens is 297 g/mol. The van der Waals surface area contributed by atoms with Gasteiger partial charge in [0.25, 0.3) is 0 Å². The number of ketones is 1. The van der Waals surface area contributed by atoms with Crippen molar-refractivity contribution in [1.82, 2.24) is 4.90 Å². The molecule has 0 amide bonds. The second-order valence-electron chi connectivity index (χ2n) is 6.07. The lowest BCUT2D eigenvalue weighted by Gasteiger charge is -2.35. The quantitative estimate of drug-likeness (QED) is 0.842. The van der Waals surface area contributed by atoms with Gasteiger partial charge in [0.05, 0.1) is 6.04 Å². The van der Waals surface area contributed by atoms with Gasteiger partial charge in [0.2, 0.25) is 0 Å². The minimum absolute atomic E-state index is 0.0868. The molecule has 3 rings (SSSR count). The highest BCUT2D eigenvalue weighted by molar-refractivity contribution is 7.10. The zero-order chi connectivity index (χ0) is 15.7. The summed E-state index contributed by atoms with van der Waals surface area (Å²) >= 11 is 1.77. The van der Waals surface area contributed by atoms with Crippen molar-refractivity contribution in [2.45, 2.75) is 32.9 Å². The van der Waals surface area contributed by atoms with Crippen LogP contribution in [0.1, 0.15) is 35.9 Å². The molecule has 0 spiro atoms. The van der Waals surface area contributed by atoms with Crippen molar-refractivity contribution in [3.05, 3.63) is 57.5 Å². The molecule has 0 radical (unpaired) electrons. The summed E-state index contributed by atoms with van der Waals surface area (Å²) in [5, 5.41) is 2.09. The van der Waals surface area contributed by atoms with Gasteiger partial charge in [0.1, 0.15) is 5.82 Å². The fourth-order valence-corrected chi connectivity index (χ4v) is 3.92. The zero-order valence-corrected chi connectivity index (χ0v) is 13.7. The molecule has 0 aliphatic carbocycles. The number of hydrogen-bond donors (Lipinski definition) is 0. The minimum atomic E-state index is -0.491. The number of hydrogen-bond acceptors (Lipinski definition) is 3. The number of rotatable bonds is 4. The van der Waals surface area contributed by atoms with E-state index in [0.717, 1.165) is 19.5 Å². The Balaban J connectivity index is 1.97. The van der Waals surface area contributed by atoms with E-state index in [2.05, 4.69) is 16.3 Å². The standard InChI is InChI=1S/C18H20FNOS/c1-12(2)18(21)17(14-5-3-4-6-15(14)19)20-9-7-16-13(11-20)8-10-22-16/h3-6,8,10,12,17H,7,9,11H2,1-2H3. The van der Waals surface area contributed by atoms with Gasteiger partial charge in [-0.05, 0) is 29.5 Å². The summed E-state index contributed by atoms with van der Waals surface area (Å²) in [6.07, 6.45) is 0.934. The molecule has 0 bridgehead atoms. The average Bonchev–Trinajstić information content (AvgIpc) is 2.97. The zero-order valence-electron chi connectivity index (χ0n) is 12.9. The lowest BCUT2D eigenvalue weighted by atomic mass is 9.92. The SMILES string of the molecule is CC(C)C(=O)C(c1ccccc1F)N1CCc2sccc2C1. The summed E-state index contributed by atoms with van der Waals surface area (Å²) in [6, 6.07) is 8.28. The summed E-state index contributed by atoms with van der Waals surface area (Å²) < 4.78 is 14.3. The van der Waals surface area contributed by atoms with Crippen LogP contribution in [0.4, 0.5) is 4.39 Å². The largest absolute Gasteiger partial charge is 0.297 e. The number of Topliss-reactive ketones (excluding diaryl/α,β-unsaturated/α-hetero) is 1. The molecule has 0 fully saturated rings. The first-order valence-corrected chi connectivity index (χ1v) is 8.53. The van der Waals surface area contributed by atoms with Gasteiger partial charge in [-0.2, -0.15) is 0 Å². The van der Waals surface area contributed by atoms with E-state index in [1.807, 2.05) is 13.8 Å². The Bertz CT molecular complexity index is 679. The van der Waals surface area contributed by atoms with Crippen LogP contribution in [0.15, 0.2) is 35.7 Å². The summed E-state index contributed by atoms with van der Waals surface area (Å²) in [4.78, 5) is 16.2. The summed E-state index contributed by atoms with van der Waals surface area (Å²) in [5.74, 6) is -0.324. The molecule has 1 aliphatic heterocycles. The number of halogens is 1. The molecule has 2 nitrogen and oxygen atoms in total. The summed E-state index contributed by atoms with van der Waals surface area (Å²) in [6.45, 7) is 5.29. The second-order valence-corrected chi connectivity index (χ2v) is 7.07. The average molecular weight is 317 g/mol. The Morgan fingerprint density at radius 2 is 2.05 bits per heavy atom. The van der Waals surface area contributed by atoms with Crippen LogP contribution in [-0.4, -0.2) is 17.2 Å². The Hall–Kier alpha value is -1.52. The normalized spacial score (nSPS) is 16.5. The van der Waals surface area contributed by atoms with Crippen LogP contribution in [0.25, 0.3) is 0 Å². The van der Waals surface area contributed by atoms with E-state index >= 15 is 0 Å². The van der Waals surface area contributed by atoms with Gasteiger partial charge >= 0.3 is 0 Å². The number of carbonyl (C=O) groups is 1. The number of thiophene rings is 1. The molecule has 0 saturated heterocycles. The Kier molecular flexibility index (Phi) is 4.41. The van der Waals surface area contributed by atoms with Gasteiger partial charge < -0.3 is 0 Å². The van der Waals surface area contributed by atoms with E-state index in [0.29, 0.717) is 5.56 Å². The van der Waals surface area contributed by atoms with Crippen molar-refractivity contribution in [2.75, 3.05) is 6.54 Å². The predicted octanol–water partition coefficient (Wildman–Crippen LogP) is 4.21. The topological polar surface area (TPSA) is 20.3 Å². The molecule has 0 N–H and O–H groups in total. The number of carbonyl (C=O) groups excluding carboxylic acids is 1. The van der Waals surface area contributed by atoms with Crippen LogP contribution in [0, 0.1) is 11.7 Å². The first-order chi connectivity index (χ1) is 10.6. The van der Waals surface area contributed by atoms with E-state index in [4.69, 9.17) is 0 Å². The van der Waals surface area contributed by atoms with Gasteiger partial charge in [0.15, 0.2) is 5.78 Å². The van der Waals surface area contributed by atoms with E-state index < -0.39 is 6.04 Å². The minimum Gasteiger partial charge on any atom is -0.297 e. The molecule has 0 saturated carbocycles. The fraction of sp³-hybridized carbons (Fsp3) is 0.389. The van der Waals surface area contributed by atoms with E-state index in [1.165, 1.54) is 16.5 Å².